The van der Waals surface area contributed by atoms with E-state index in [2.05, 4.69) is 26.1 Å². The summed E-state index contributed by atoms with van der Waals surface area (Å²) in [6, 6.07) is 7.55. The van der Waals surface area contributed by atoms with E-state index in [-0.39, 0.29) is 11.3 Å². The van der Waals surface area contributed by atoms with Crippen LogP contribution in [-0.2, 0) is 20.2 Å². The van der Waals surface area contributed by atoms with Gasteiger partial charge in [-0.3, -0.25) is 9.69 Å². The van der Waals surface area contributed by atoms with Crippen molar-refractivity contribution < 1.29 is 13.2 Å². The molecule has 0 bridgehead atoms. The minimum Gasteiger partial charge on any atom is -0.352 e. The molecule has 7 heteroatoms. The summed E-state index contributed by atoms with van der Waals surface area (Å²) in [6.07, 6.45) is 2.15. The second-order valence-electron chi connectivity index (χ2n) is 8.30. The third kappa shape index (κ3) is 4.64. The zero-order valence-corrected chi connectivity index (χ0v) is 16.7. The molecule has 0 unspecified atom stereocenters. The first-order chi connectivity index (χ1) is 12.2. The Morgan fingerprint density at radius 3 is 2.15 bits per heavy atom. The second-order valence-corrected chi connectivity index (χ2v) is 10.2. The number of piperazine rings is 1. The molecule has 0 spiro atoms. The number of nitrogens with zero attached hydrogens (tertiary/aromatic N) is 2. The van der Waals surface area contributed by atoms with Crippen molar-refractivity contribution in [2.75, 3.05) is 32.7 Å². The van der Waals surface area contributed by atoms with Gasteiger partial charge < -0.3 is 5.32 Å². The van der Waals surface area contributed by atoms with E-state index in [1.807, 2.05) is 17.0 Å². The smallest absolute Gasteiger partial charge is 0.243 e. The molecule has 0 radical (unpaired) electrons. The van der Waals surface area contributed by atoms with Gasteiger partial charge in [-0.15, -0.1) is 0 Å². The molecule has 26 heavy (non-hydrogen) atoms. The summed E-state index contributed by atoms with van der Waals surface area (Å²) in [5.74, 6) is 0.0431. The molecule has 1 aromatic carbocycles. The number of carbonyl (C=O) groups is 1. The minimum atomic E-state index is -3.48. The molecule has 2 aliphatic rings. The first kappa shape index (κ1) is 19.3. The number of hydrogen-bond donors (Lipinski definition) is 1. The lowest BCUT2D eigenvalue weighted by molar-refractivity contribution is -0.122. The monoisotopic (exact) mass is 379 g/mol. The van der Waals surface area contributed by atoms with Crippen LogP contribution in [0, 0.1) is 0 Å². The van der Waals surface area contributed by atoms with Crippen LogP contribution in [-0.4, -0.2) is 62.3 Å². The largest absolute Gasteiger partial charge is 0.352 e. The summed E-state index contributed by atoms with van der Waals surface area (Å²) in [6.45, 7) is 8.67. The highest BCUT2D eigenvalue weighted by atomic mass is 32.2. The third-order valence-corrected chi connectivity index (χ3v) is 6.91. The van der Waals surface area contributed by atoms with Crippen LogP contribution < -0.4 is 5.32 Å². The molecule has 1 heterocycles. The molecule has 1 aliphatic carbocycles. The highest BCUT2D eigenvalue weighted by Crippen LogP contribution is 2.25. The molecule has 6 nitrogen and oxygen atoms in total. The number of rotatable bonds is 5. The minimum absolute atomic E-state index is 0.00500. The maximum absolute atomic E-state index is 12.9. The molecule has 1 saturated heterocycles. The van der Waals surface area contributed by atoms with Crippen molar-refractivity contribution in [3.63, 3.8) is 0 Å². The molecular formula is C19H29N3O3S. The Morgan fingerprint density at radius 2 is 1.65 bits per heavy atom. The van der Waals surface area contributed by atoms with Gasteiger partial charge in [0.1, 0.15) is 0 Å². The number of amides is 1. The van der Waals surface area contributed by atoms with E-state index in [0.29, 0.717) is 43.7 Å². The number of carbonyl (C=O) groups excluding carboxylic acids is 1. The van der Waals surface area contributed by atoms with Gasteiger partial charge >= 0.3 is 0 Å². The van der Waals surface area contributed by atoms with Crippen LogP contribution in [0.4, 0.5) is 0 Å². The van der Waals surface area contributed by atoms with Gasteiger partial charge in [-0.25, -0.2) is 8.42 Å². The van der Waals surface area contributed by atoms with E-state index < -0.39 is 10.0 Å². The van der Waals surface area contributed by atoms with Gasteiger partial charge in [0.25, 0.3) is 0 Å². The van der Waals surface area contributed by atoms with Crippen molar-refractivity contribution in [1.29, 1.82) is 0 Å². The van der Waals surface area contributed by atoms with Crippen LogP contribution in [0.1, 0.15) is 39.2 Å². The van der Waals surface area contributed by atoms with Crippen LogP contribution in [0.5, 0.6) is 0 Å². The lowest BCUT2D eigenvalue weighted by atomic mass is 9.87. The third-order valence-electron chi connectivity index (χ3n) is 5.00. The SMILES string of the molecule is CC(C)(C)c1ccc(S(=O)(=O)N2CCN(CC(=O)NC3CC3)CC2)cc1. The molecule has 1 aliphatic heterocycles. The molecule has 0 atom stereocenters. The summed E-state index contributed by atoms with van der Waals surface area (Å²) in [5.41, 5.74) is 1.11. The van der Waals surface area contributed by atoms with E-state index >= 15 is 0 Å². The van der Waals surface area contributed by atoms with Gasteiger partial charge in [0, 0.05) is 32.2 Å². The Bertz CT molecular complexity index is 741. The summed E-state index contributed by atoms with van der Waals surface area (Å²) in [4.78, 5) is 14.2. The highest BCUT2D eigenvalue weighted by molar-refractivity contribution is 7.89. The molecule has 1 saturated carbocycles. The molecule has 0 aromatic heterocycles. The Labute approximate surface area is 156 Å². The number of nitrogens with one attached hydrogen (secondary N) is 1. The fourth-order valence-electron chi connectivity index (χ4n) is 3.11. The van der Waals surface area contributed by atoms with Crippen LogP contribution in [0.15, 0.2) is 29.2 Å². The number of hydrogen-bond acceptors (Lipinski definition) is 4. The molecule has 3 rings (SSSR count). The summed E-state index contributed by atoms with van der Waals surface area (Å²) < 4.78 is 27.2. The van der Waals surface area contributed by atoms with Crippen LogP contribution in [0.3, 0.4) is 0 Å². The van der Waals surface area contributed by atoms with Crippen LogP contribution in [0.25, 0.3) is 0 Å². The Hall–Kier alpha value is -1.44. The Balaban J connectivity index is 1.58. The maximum Gasteiger partial charge on any atom is 0.243 e. The van der Waals surface area contributed by atoms with Gasteiger partial charge in [0.2, 0.25) is 15.9 Å². The lowest BCUT2D eigenvalue weighted by Gasteiger charge is -2.33. The van der Waals surface area contributed by atoms with Crippen molar-refractivity contribution in [3.8, 4) is 0 Å². The molecule has 1 amide bonds. The van der Waals surface area contributed by atoms with Crippen molar-refractivity contribution in [3.05, 3.63) is 29.8 Å². The first-order valence-electron chi connectivity index (χ1n) is 9.29. The molecule has 1 N–H and O–H groups in total. The summed E-state index contributed by atoms with van der Waals surface area (Å²) >= 11 is 0. The van der Waals surface area contributed by atoms with Crippen LogP contribution in [0.2, 0.25) is 0 Å². The average Bonchev–Trinajstić information content (AvgIpc) is 3.38. The van der Waals surface area contributed by atoms with Gasteiger partial charge in [0.05, 0.1) is 11.4 Å². The summed E-state index contributed by atoms with van der Waals surface area (Å²) in [5, 5.41) is 2.97. The Kier molecular flexibility index (Phi) is 5.42. The van der Waals surface area contributed by atoms with Crippen molar-refractivity contribution in [2.45, 2.75) is 50.0 Å². The van der Waals surface area contributed by atoms with E-state index in [1.54, 1.807) is 12.1 Å². The molecule has 144 valence electrons. The van der Waals surface area contributed by atoms with Gasteiger partial charge in [-0.05, 0) is 36.0 Å². The Morgan fingerprint density at radius 1 is 1.08 bits per heavy atom. The zero-order chi connectivity index (χ0) is 18.9. The molecule has 2 fully saturated rings. The van der Waals surface area contributed by atoms with Gasteiger partial charge in [-0.2, -0.15) is 4.31 Å². The average molecular weight is 380 g/mol. The van der Waals surface area contributed by atoms with E-state index in [0.717, 1.165) is 18.4 Å². The number of benzene rings is 1. The van der Waals surface area contributed by atoms with Crippen molar-refractivity contribution >= 4 is 15.9 Å². The predicted molar refractivity (Wildman–Crippen MR) is 102 cm³/mol. The quantitative estimate of drug-likeness (QED) is 0.843. The molecule has 1 aromatic rings. The standard InChI is InChI=1S/C19H29N3O3S/c1-19(2,3)15-4-8-17(9-5-15)26(24,25)22-12-10-21(11-13-22)14-18(23)20-16-6-7-16/h4-5,8-9,16H,6-7,10-14H2,1-3H3,(H,20,23). The van der Waals surface area contributed by atoms with Gasteiger partial charge in [-0.1, -0.05) is 32.9 Å². The normalized spacial score (nSPS) is 20.1. The predicted octanol–water partition coefficient (Wildman–Crippen LogP) is 1.57. The molecular weight excluding hydrogens is 350 g/mol. The highest BCUT2D eigenvalue weighted by Gasteiger charge is 2.30. The maximum atomic E-state index is 12.9. The fourth-order valence-corrected chi connectivity index (χ4v) is 4.53. The van der Waals surface area contributed by atoms with E-state index in [1.165, 1.54) is 4.31 Å². The fraction of sp³-hybridized carbons (Fsp3) is 0.632. The second kappa shape index (κ2) is 7.29. The van der Waals surface area contributed by atoms with Crippen molar-refractivity contribution in [2.24, 2.45) is 0 Å². The lowest BCUT2D eigenvalue weighted by Crippen LogP contribution is -2.51. The summed E-state index contributed by atoms with van der Waals surface area (Å²) in [7, 11) is -3.48. The van der Waals surface area contributed by atoms with E-state index in [9.17, 15) is 13.2 Å². The van der Waals surface area contributed by atoms with Crippen molar-refractivity contribution in [1.82, 2.24) is 14.5 Å². The number of sulfonamides is 1. The zero-order valence-electron chi connectivity index (χ0n) is 15.9. The van der Waals surface area contributed by atoms with Gasteiger partial charge in [0.15, 0.2) is 0 Å². The van der Waals surface area contributed by atoms with Crippen LogP contribution >= 0.6 is 0 Å². The topological polar surface area (TPSA) is 69.7 Å². The first-order valence-corrected chi connectivity index (χ1v) is 10.7. The van der Waals surface area contributed by atoms with E-state index in [4.69, 9.17) is 0 Å².